The molecule has 4 aromatic rings. The number of rotatable bonds is 5. The minimum absolute atomic E-state index is 0.0232. The number of halogens is 2. The molecule has 2 aromatic carbocycles. The number of amides is 3. The highest BCUT2D eigenvalue weighted by Crippen LogP contribution is 2.33. The molecule has 5 rings (SSSR count). The van der Waals surface area contributed by atoms with Crippen LogP contribution < -0.4 is 9.80 Å². The number of nitrogens with zero attached hydrogens (tertiary/aromatic N) is 4. The summed E-state index contributed by atoms with van der Waals surface area (Å²) in [6, 6.07) is 13.3. The van der Waals surface area contributed by atoms with Gasteiger partial charge in [0.2, 0.25) is 11.8 Å². The molecule has 0 bridgehead atoms. The van der Waals surface area contributed by atoms with Crippen LogP contribution in [0.1, 0.15) is 28.9 Å². The molecule has 3 heterocycles. The van der Waals surface area contributed by atoms with Crippen molar-refractivity contribution >= 4 is 50.1 Å². The average Bonchev–Trinajstić information content (AvgIpc) is 3.40. The summed E-state index contributed by atoms with van der Waals surface area (Å²) >= 11 is 0.974. The van der Waals surface area contributed by atoms with Gasteiger partial charge in [-0.2, -0.15) is 0 Å². The summed E-state index contributed by atoms with van der Waals surface area (Å²) in [5.74, 6) is -2.72. The van der Waals surface area contributed by atoms with Gasteiger partial charge < -0.3 is 0 Å². The number of thiazole rings is 1. The van der Waals surface area contributed by atoms with Gasteiger partial charge in [0.15, 0.2) is 10.9 Å². The van der Waals surface area contributed by atoms with Crippen LogP contribution in [0.15, 0.2) is 60.8 Å². The monoisotopic (exact) mass is 478 g/mol. The molecule has 2 aromatic heterocycles. The molecule has 34 heavy (non-hydrogen) atoms. The van der Waals surface area contributed by atoms with Crippen molar-refractivity contribution < 1.29 is 23.2 Å². The lowest BCUT2D eigenvalue weighted by Gasteiger charge is -2.21. The second-order valence-corrected chi connectivity index (χ2v) is 8.63. The third-order valence-corrected chi connectivity index (χ3v) is 6.35. The molecule has 1 aliphatic heterocycles. The van der Waals surface area contributed by atoms with Crippen molar-refractivity contribution in [1.82, 2.24) is 9.97 Å². The number of anilines is 2. The van der Waals surface area contributed by atoms with E-state index in [-0.39, 0.29) is 52.1 Å². The van der Waals surface area contributed by atoms with Gasteiger partial charge in [-0.25, -0.2) is 13.8 Å². The summed E-state index contributed by atoms with van der Waals surface area (Å²) in [4.78, 5) is 48.8. The number of hydrogen-bond donors (Lipinski definition) is 0. The van der Waals surface area contributed by atoms with Crippen molar-refractivity contribution in [3.8, 4) is 0 Å². The predicted octanol–water partition coefficient (Wildman–Crippen LogP) is 4.47. The molecule has 1 saturated heterocycles. The second-order valence-electron chi connectivity index (χ2n) is 7.62. The Labute approximate surface area is 196 Å². The van der Waals surface area contributed by atoms with Crippen LogP contribution in [0, 0.1) is 11.6 Å². The highest BCUT2D eigenvalue weighted by Gasteiger charge is 2.31. The fourth-order valence-electron chi connectivity index (χ4n) is 3.74. The lowest BCUT2D eigenvalue weighted by Crippen LogP contribution is -2.32. The van der Waals surface area contributed by atoms with E-state index in [4.69, 9.17) is 0 Å². The van der Waals surface area contributed by atoms with Gasteiger partial charge in [0.05, 0.1) is 22.6 Å². The van der Waals surface area contributed by atoms with Gasteiger partial charge in [-0.15, -0.1) is 0 Å². The maximum atomic E-state index is 14.3. The Bertz CT molecular complexity index is 1420. The van der Waals surface area contributed by atoms with Gasteiger partial charge >= 0.3 is 0 Å². The van der Waals surface area contributed by atoms with E-state index in [1.54, 1.807) is 42.6 Å². The molecule has 170 valence electrons. The minimum atomic E-state index is -0.823. The maximum Gasteiger partial charge on any atom is 0.260 e. The lowest BCUT2D eigenvalue weighted by molar-refractivity contribution is -0.121. The van der Waals surface area contributed by atoms with Gasteiger partial charge in [0, 0.05) is 30.7 Å². The van der Waals surface area contributed by atoms with E-state index in [0.717, 1.165) is 28.4 Å². The SMILES string of the molecule is O=C(c1cccc(N2C(=O)CCC2=O)c1)N(Cc1ccccn1)c1nc2c(F)cc(F)cc2s1. The van der Waals surface area contributed by atoms with Gasteiger partial charge in [0.25, 0.3) is 5.91 Å². The molecule has 0 spiro atoms. The van der Waals surface area contributed by atoms with Crippen molar-refractivity contribution in [3.05, 3.63) is 83.7 Å². The van der Waals surface area contributed by atoms with E-state index in [0.29, 0.717) is 11.4 Å². The molecular weight excluding hydrogens is 462 g/mol. The minimum Gasteiger partial charge on any atom is -0.278 e. The summed E-state index contributed by atoms with van der Waals surface area (Å²) in [7, 11) is 0. The van der Waals surface area contributed by atoms with Crippen molar-refractivity contribution in [2.45, 2.75) is 19.4 Å². The Kier molecular flexibility index (Phi) is 5.58. The Balaban J connectivity index is 1.56. The number of imide groups is 1. The first-order valence-corrected chi connectivity index (χ1v) is 11.2. The van der Waals surface area contributed by atoms with Crippen LogP contribution >= 0.6 is 11.3 Å². The molecule has 3 amide bonds. The van der Waals surface area contributed by atoms with E-state index >= 15 is 0 Å². The van der Waals surface area contributed by atoms with Gasteiger partial charge in [0.1, 0.15) is 11.3 Å². The van der Waals surface area contributed by atoms with Gasteiger partial charge in [-0.3, -0.25) is 29.2 Å². The van der Waals surface area contributed by atoms with Crippen molar-refractivity contribution in [2.75, 3.05) is 9.80 Å². The first kappa shape index (κ1) is 21.8. The van der Waals surface area contributed by atoms with Crippen LogP contribution in [-0.2, 0) is 16.1 Å². The van der Waals surface area contributed by atoms with Crippen LogP contribution in [0.2, 0.25) is 0 Å². The van der Waals surface area contributed by atoms with E-state index in [1.807, 2.05) is 0 Å². The summed E-state index contributed by atoms with van der Waals surface area (Å²) < 4.78 is 28.3. The van der Waals surface area contributed by atoms with Crippen LogP contribution in [-0.4, -0.2) is 27.7 Å². The number of fused-ring (bicyclic) bond motifs is 1. The molecule has 0 unspecified atom stereocenters. The highest BCUT2D eigenvalue weighted by atomic mass is 32.1. The molecule has 10 heteroatoms. The normalized spacial score (nSPS) is 13.6. The summed E-state index contributed by atoms with van der Waals surface area (Å²) in [5.41, 5.74) is 1.02. The molecular formula is C24H16F2N4O3S. The lowest BCUT2D eigenvalue weighted by atomic mass is 10.1. The average molecular weight is 478 g/mol. The van der Waals surface area contributed by atoms with E-state index in [9.17, 15) is 23.2 Å². The zero-order chi connectivity index (χ0) is 23.8. The smallest absolute Gasteiger partial charge is 0.260 e. The van der Waals surface area contributed by atoms with Crippen molar-refractivity contribution in [3.63, 3.8) is 0 Å². The molecule has 7 nitrogen and oxygen atoms in total. The maximum absolute atomic E-state index is 14.3. The van der Waals surface area contributed by atoms with Crippen LogP contribution in [0.3, 0.4) is 0 Å². The first-order chi connectivity index (χ1) is 16.4. The van der Waals surface area contributed by atoms with Crippen LogP contribution in [0.4, 0.5) is 19.6 Å². The fourth-order valence-corrected chi connectivity index (χ4v) is 4.74. The number of pyridine rings is 1. The van der Waals surface area contributed by atoms with E-state index in [1.165, 1.54) is 11.0 Å². The predicted molar refractivity (Wildman–Crippen MR) is 122 cm³/mol. The quantitative estimate of drug-likeness (QED) is 0.395. The van der Waals surface area contributed by atoms with Crippen LogP contribution in [0.25, 0.3) is 10.2 Å². The summed E-state index contributed by atoms with van der Waals surface area (Å²) in [5, 5.41) is 0.161. The molecule has 0 aliphatic carbocycles. The summed E-state index contributed by atoms with van der Waals surface area (Å²) in [6.07, 6.45) is 1.82. The number of aromatic nitrogens is 2. The van der Waals surface area contributed by atoms with Crippen molar-refractivity contribution in [2.24, 2.45) is 0 Å². The molecule has 1 fully saturated rings. The molecule has 0 atom stereocenters. The number of hydrogen-bond acceptors (Lipinski definition) is 6. The standard InChI is InChI=1S/C24H16F2N4O3S/c25-15-11-18(26)22-19(12-15)34-24(28-22)29(13-16-5-1-2-9-27-16)23(33)14-4-3-6-17(10-14)30-20(31)7-8-21(30)32/h1-6,9-12H,7-8,13H2. The fraction of sp³-hybridized carbons (Fsp3) is 0.125. The van der Waals surface area contributed by atoms with E-state index in [2.05, 4.69) is 9.97 Å². The third-order valence-electron chi connectivity index (χ3n) is 5.33. The molecule has 1 aliphatic rings. The first-order valence-electron chi connectivity index (χ1n) is 10.3. The topological polar surface area (TPSA) is 83.5 Å². The number of carbonyl (C=O) groups is 3. The molecule has 0 radical (unpaired) electrons. The second kappa shape index (κ2) is 8.71. The zero-order valence-corrected chi connectivity index (χ0v) is 18.4. The Morgan fingerprint density at radius 3 is 2.56 bits per heavy atom. The van der Waals surface area contributed by atoms with Crippen LogP contribution in [0.5, 0.6) is 0 Å². The Morgan fingerprint density at radius 1 is 1.03 bits per heavy atom. The largest absolute Gasteiger partial charge is 0.278 e. The molecule has 0 saturated carbocycles. The zero-order valence-electron chi connectivity index (χ0n) is 17.6. The van der Waals surface area contributed by atoms with Gasteiger partial charge in [-0.1, -0.05) is 23.5 Å². The Morgan fingerprint density at radius 2 is 1.82 bits per heavy atom. The highest BCUT2D eigenvalue weighted by molar-refractivity contribution is 7.22. The Hall–Kier alpha value is -4.05. The number of benzene rings is 2. The van der Waals surface area contributed by atoms with Gasteiger partial charge in [-0.05, 0) is 36.4 Å². The van der Waals surface area contributed by atoms with Crippen molar-refractivity contribution in [1.29, 1.82) is 0 Å². The third kappa shape index (κ3) is 4.03. The van der Waals surface area contributed by atoms with E-state index < -0.39 is 17.5 Å². The molecule has 0 N–H and O–H groups in total. The summed E-state index contributed by atoms with van der Waals surface area (Å²) in [6.45, 7) is 0.0232. The number of carbonyl (C=O) groups excluding carboxylic acids is 3.